The van der Waals surface area contributed by atoms with Crippen molar-refractivity contribution in [1.82, 2.24) is 14.7 Å². The third kappa shape index (κ3) is 5.21. The SMILES string of the molecule is CN(C)Cc1c(S(=O)(=O)c2cnn(C/C=C/S(C)(=O)=O)c2)ccc(F)c1F. The van der Waals surface area contributed by atoms with Crippen LogP contribution in [0.25, 0.3) is 0 Å². The quantitative estimate of drug-likeness (QED) is 0.634. The lowest BCUT2D eigenvalue weighted by molar-refractivity contribution is 0.380. The molecule has 0 aliphatic heterocycles. The lowest BCUT2D eigenvalue weighted by atomic mass is 10.2. The van der Waals surface area contributed by atoms with Gasteiger partial charge in [-0.05, 0) is 26.2 Å². The van der Waals surface area contributed by atoms with E-state index in [4.69, 9.17) is 0 Å². The maximum absolute atomic E-state index is 14.2. The van der Waals surface area contributed by atoms with Crippen molar-refractivity contribution in [3.8, 4) is 0 Å². The largest absolute Gasteiger partial charge is 0.305 e. The van der Waals surface area contributed by atoms with Gasteiger partial charge in [0.15, 0.2) is 21.5 Å². The normalized spacial score (nSPS) is 13.0. The van der Waals surface area contributed by atoms with Gasteiger partial charge in [0, 0.05) is 30.0 Å². The molecule has 0 unspecified atom stereocenters. The van der Waals surface area contributed by atoms with E-state index in [9.17, 15) is 25.6 Å². The molecule has 11 heteroatoms. The molecule has 0 aliphatic rings. The second-order valence-corrected chi connectivity index (χ2v) is 10.0. The summed E-state index contributed by atoms with van der Waals surface area (Å²) in [7, 11) is -4.24. The summed E-state index contributed by atoms with van der Waals surface area (Å²) >= 11 is 0. The molecule has 0 spiro atoms. The topological polar surface area (TPSA) is 89.3 Å². The van der Waals surface area contributed by atoms with Crippen molar-refractivity contribution < 1.29 is 25.6 Å². The van der Waals surface area contributed by atoms with Crippen molar-refractivity contribution in [3.05, 3.63) is 53.2 Å². The van der Waals surface area contributed by atoms with Crippen LogP contribution in [0.4, 0.5) is 8.78 Å². The Kier molecular flexibility index (Phi) is 6.17. The Hall–Kier alpha value is -2.11. The van der Waals surface area contributed by atoms with Gasteiger partial charge in [0.2, 0.25) is 9.84 Å². The molecule has 1 aromatic heterocycles. The van der Waals surface area contributed by atoms with Crippen LogP contribution >= 0.6 is 0 Å². The Balaban J connectivity index is 2.43. The molecule has 1 aromatic carbocycles. The fourth-order valence-electron chi connectivity index (χ4n) is 2.33. The molecule has 0 atom stereocenters. The molecule has 7 nitrogen and oxygen atoms in total. The first kappa shape index (κ1) is 21.2. The van der Waals surface area contributed by atoms with E-state index in [0.29, 0.717) is 0 Å². The number of halogens is 2. The minimum Gasteiger partial charge on any atom is -0.305 e. The molecule has 1 heterocycles. The standard InChI is InChI=1S/C16H19F2N3O4S2/c1-20(2)11-13-15(6-5-14(17)16(13)18)27(24,25)12-9-19-21(10-12)7-4-8-26(3,22)23/h4-6,8-10H,7,11H2,1-3H3/b8-4+. The van der Waals surface area contributed by atoms with Gasteiger partial charge in [0.25, 0.3) is 0 Å². The molecule has 0 amide bonds. The average Bonchev–Trinajstić information content (AvgIpc) is 3.00. The number of hydrogen-bond donors (Lipinski definition) is 0. The van der Waals surface area contributed by atoms with Gasteiger partial charge >= 0.3 is 0 Å². The zero-order valence-electron chi connectivity index (χ0n) is 14.9. The molecule has 0 saturated heterocycles. The first-order valence-electron chi connectivity index (χ1n) is 7.67. The van der Waals surface area contributed by atoms with Crippen molar-refractivity contribution in [2.45, 2.75) is 22.9 Å². The molecule has 27 heavy (non-hydrogen) atoms. The van der Waals surface area contributed by atoms with Crippen molar-refractivity contribution >= 4 is 19.7 Å². The summed E-state index contributed by atoms with van der Waals surface area (Å²) in [5.74, 6) is -2.35. The lowest BCUT2D eigenvalue weighted by Gasteiger charge is -2.15. The van der Waals surface area contributed by atoms with Gasteiger partial charge in [-0.2, -0.15) is 5.10 Å². The Labute approximate surface area is 156 Å². The van der Waals surface area contributed by atoms with Crippen LogP contribution in [-0.2, 0) is 32.8 Å². The maximum Gasteiger partial charge on any atom is 0.210 e. The molecule has 0 bridgehead atoms. The van der Waals surface area contributed by atoms with Crippen molar-refractivity contribution in [3.63, 3.8) is 0 Å². The number of rotatable bonds is 7. The third-order valence-electron chi connectivity index (χ3n) is 3.47. The highest BCUT2D eigenvalue weighted by molar-refractivity contribution is 7.93. The zero-order valence-corrected chi connectivity index (χ0v) is 16.6. The minimum atomic E-state index is -4.15. The number of benzene rings is 1. The minimum absolute atomic E-state index is 0.0327. The van der Waals surface area contributed by atoms with Crippen molar-refractivity contribution in [2.75, 3.05) is 20.4 Å². The van der Waals surface area contributed by atoms with E-state index in [0.717, 1.165) is 30.0 Å². The Morgan fingerprint density at radius 1 is 1.19 bits per heavy atom. The summed E-state index contributed by atoms with van der Waals surface area (Å²) < 4.78 is 76.9. The smallest absolute Gasteiger partial charge is 0.210 e. The summed E-state index contributed by atoms with van der Waals surface area (Å²) in [6, 6.07) is 1.79. The van der Waals surface area contributed by atoms with Gasteiger partial charge in [0.1, 0.15) is 4.90 Å². The van der Waals surface area contributed by atoms with Crippen LogP contribution in [0.5, 0.6) is 0 Å². The molecule has 2 rings (SSSR count). The molecular formula is C16H19F2N3O4S2. The predicted molar refractivity (Wildman–Crippen MR) is 95.4 cm³/mol. The maximum atomic E-state index is 14.2. The van der Waals surface area contributed by atoms with Gasteiger partial charge in [-0.15, -0.1) is 0 Å². The molecule has 0 aliphatic carbocycles. The summed E-state index contributed by atoms with van der Waals surface area (Å²) in [6.45, 7) is -0.0751. The van der Waals surface area contributed by atoms with Crippen LogP contribution in [0.15, 0.2) is 45.8 Å². The molecule has 0 radical (unpaired) electrons. The highest BCUT2D eigenvalue weighted by Gasteiger charge is 2.26. The predicted octanol–water partition coefficient (Wildman–Crippen LogP) is 1.61. The zero-order chi connectivity index (χ0) is 20.4. The monoisotopic (exact) mass is 419 g/mol. The summed E-state index contributed by atoms with van der Waals surface area (Å²) in [5, 5.41) is 4.85. The Morgan fingerprint density at radius 3 is 2.44 bits per heavy atom. The van der Waals surface area contributed by atoms with Crippen LogP contribution in [-0.4, -0.2) is 51.9 Å². The van der Waals surface area contributed by atoms with E-state index >= 15 is 0 Å². The molecule has 0 saturated carbocycles. The number of hydrogen-bond acceptors (Lipinski definition) is 6. The van der Waals surface area contributed by atoms with E-state index in [1.165, 1.54) is 21.9 Å². The van der Waals surface area contributed by atoms with Crippen LogP contribution in [0.2, 0.25) is 0 Å². The lowest BCUT2D eigenvalue weighted by Crippen LogP contribution is -2.17. The van der Waals surface area contributed by atoms with Crippen molar-refractivity contribution in [2.24, 2.45) is 0 Å². The molecule has 0 N–H and O–H groups in total. The first-order valence-corrected chi connectivity index (χ1v) is 11.1. The van der Waals surface area contributed by atoms with Crippen LogP contribution < -0.4 is 0 Å². The highest BCUT2D eigenvalue weighted by atomic mass is 32.2. The second-order valence-electron chi connectivity index (χ2n) is 6.18. The molecule has 0 fully saturated rings. The number of allylic oxidation sites excluding steroid dienone is 1. The summed E-state index contributed by atoms with van der Waals surface area (Å²) in [5.41, 5.74) is -0.273. The fourth-order valence-corrected chi connectivity index (χ4v) is 4.19. The first-order chi connectivity index (χ1) is 12.4. The van der Waals surface area contributed by atoms with Gasteiger partial charge < -0.3 is 4.90 Å². The van der Waals surface area contributed by atoms with E-state index in [1.807, 2.05) is 0 Å². The Morgan fingerprint density at radius 2 is 1.85 bits per heavy atom. The second kappa shape index (κ2) is 7.87. The average molecular weight is 419 g/mol. The summed E-state index contributed by atoms with van der Waals surface area (Å²) in [6.07, 6.45) is 4.61. The van der Waals surface area contributed by atoms with E-state index < -0.39 is 31.3 Å². The van der Waals surface area contributed by atoms with Gasteiger partial charge in [-0.1, -0.05) is 6.08 Å². The van der Waals surface area contributed by atoms with E-state index in [2.05, 4.69) is 5.10 Å². The molecule has 148 valence electrons. The van der Waals surface area contributed by atoms with Crippen LogP contribution in [0.3, 0.4) is 0 Å². The van der Waals surface area contributed by atoms with E-state index in [-0.39, 0.29) is 28.4 Å². The Bertz CT molecular complexity index is 1080. The van der Waals surface area contributed by atoms with Gasteiger partial charge in [0.05, 0.1) is 17.6 Å². The fraction of sp³-hybridized carbons (Fsp3) is 0.312. The van der Waals surface area contributed by atoms with Crippen molar-refractivity contribution in [1.29, 1.82) is 0 Å². The third-order valence-corrected chi connectivity index (χ3v) is 5.95. The number of sulfone groups is 2. The molecular weight excluding hydrogens is 400 g/mol. The van der Waals surface area contributed by atoms with Crippen LogP contribution in [0, 0.1) is 11.6 Å². The highest BCUT2D eigenvalue weighted by Crippen LogP contribution is 2.27. The number of nitrogens with zero attached hydrogens (tertiary/aromatic N) is 3. The van der Waals surface area contributed by atoms with Gasteiger partial charge in [-0.25, -0.2) is 25.6 Å². The van der Waals surface area contributed by atoms with E-state index in [1.54, 1.807) is 14.1 Å². The molecule has 2 aromatic rings. The van der Waals surface area contributed by atoms with Crippen LogP contribution in [0.1, 0.15) is 5.56 Å². The summed E-state index contributed by atoms with van der Waals surface area (Å²) in [4.78, 5) is 0.971. The van der Waals surface area contributed by atoms with Gasteiger partial charge in [-0.3, -0.25) is 4.68 Å². The number of aromatic nitrogens is 2.